The molecule has 2 atom stereocenters. The Morgan fingerprint density at radius 2 is 1.91 bits per heavy atom. The summed E-state index contributed by atoms with van der Waals surface area (Å²) in [5.74, 6) is 0.0756. The molecule has 0 aliphatic rings. The lowest BCUT2D eigenvalue weighted by atomic mass is 10.1. The molecule has 0 aromatic heterocycles. The van der Waals surface area contributed by atoms with E-state index in [-0.39, 0.29) is 24.8 Å². The van der Waals surface area contributed by atoms with Gasteiger partial charge in [0.1, 0.15) is 12.4 Å². The maximum Gasteiger partial charge on any atom is 0.236 e. The van der Waals surface area contributed by atoms with Crippen LogP contribution in [0.5, 0.6) is 5.75 Å². The zero-order chi connectivity index (χ0) is 17.4. The van der Waals surface area contributed by atoms with Crippen molar-refractivity contribution in [1.29, 1.82) is 0 Å². The molecule has 0 aliphatic carbocycles. The number of nitrogens with one attached hydrogen (secondary N) is 2. The van der Waals surface area contributed by atoms with Crippen molar-refractivity contribution in [2.75, 3.05) is 6.61 Å². The molecule has 6 nitrogen and oxygen atoms in total. The maximum absolute atomic E-state index is 12.1. The average Bonchev–Trinajstić information content (AvgIpc) is 2.47. The molecule has 0 heterocycles. The number of amides is 2. The monoisotopic (exact) mass is 317 g/mol. The molecule has 0 fully saturated rings. The lowest BCUT2D eigenvalue weighted by Gasteiger charge is -2.21. The van der Waals surface area contributed by atoms with E-state index in [2.05, 4.69) is 10.5 Å². The molecule has 2 amide bonds. The zero-order valence-electron chi connectivity index (χ0n) is 13.9. The summed E-state index contributed by atoms with van der Waals surface area (Å²) >= 11 is 0. The van der Waals surface area contributed by atoms with Crippen molar-refractivity contribution >= 4 is 19.8 Å². The van der Waals surface area contributed by atoms with Gasteiger partial charge >= 0.3 is 0 Å². The molecule has 1 aromatic rings. The standard InChI is InChI=1S/C16H24BN3O3/c1-10-5-4-6-11(2)15(10)23-9-12(3)19-16(22)13(20-17)7-8-14(18)21/h4-6,12-13,20H,7-9H2,1-3H3,(H2,18,21)(H,19,22)/t12?,13-/m0/s1. The normalized spacial score (nSPS) is 13.2. The van der Waals surface area contributed by atoms with E-state index in [4.69, 9.17) is 18.5 Å². The second-order valence-electron chi connectivity index (χ2n) is 5.67. The second-order valence-corrected chi connectivity index (χ2v) is 5.67. The predicted molar refractivity (Wildman–Crippen MR) is 90.1 cm³/mol. The Balaban J connectivity index is 2.50. The molecule has 1 unspecified atom stereocenters. The van der Waals surface area contributed by atoms with Crippen molar-refractivity contribution in [2.45, 2.75) is 45.7 Å². The van der Waals surface area contributed by atoms with Crippen LogP contribution in [-0.4, -0.2) is 38.5 Å². The minimum atomic E-state index is -0.662. The molecule has 0 aliphatic heterocycles. The summed E-state index contributed by atoms with van der Waals surface area (Å²) in [6.07, 6.45) is 0.345. The highest BCUT2D eigenvalue weighted by molar-refractivity contribution is 6.06. The van der Waals surface area contributed by atoms with Gasteiger partial charge in [0.05, 0.1) is 12.1 Å². The van der Waals surface area contributed by atoms with E-state index in [0.29, 0.717) is 6.61 Å². The molecular weight excluding hydrogens is 293 g/mol. The molecule has 23 heavy (non-hydrogen) atoms. The Kier molecular flexibility index (Phi) is 7.61. The van der Waals surface area contributed by atoms with Crippen LogP contribution >= 0.6 is 0 Å². The van der Waals surface area contributed by atoms with Crippen molar-refractivity contribution in [3.8, 4) is 5.75 Å². The highest BCUT2D eigenvalue weighted by Crippen LogP contribution is 2.22. The van der Waals surface area contributed by atoms with Crippen LogP contribution in [0.15, 0.2) is 18.2 Å². The molecule has 2 radical (unpaired) electrons. The number of hydrogen-bond acceptors (Lipinski definition) is 4. The Morgan fingerprint density at radius 3 is 2.43 bits per heavy atom. The van der Waals surface area contributed by atoms with Crippen molar-refractivity contribution < 1.29 is 14.3 Å². The lowest BCUT2D eigenvalue weighted by Crippen LogP contribution is -2.48. The van der Waals surface area contributed by atoms with Crippen molar-refractivity contribution in [2.24, 2.45) is 5.73 Å². The smallest absolute Gasteiger partial charge is 0.236 e. The van der Waals surface area contributed by atoms with Gasteiger partial charge in [-0.3, -0.25) is 9.59 Å². The minimum absolute atomic E-state index is 0.0928. The summed E-state index contributed by atoms with van der Waals surface area (Å²) in [7, 11) is 5.35. The topological polar surface area (TPSA) is 93.5 Å². The summed E-state index contributed by atoms with van der Waals surface area (Å²) in [6, 6.07) is 5.06. The second kappa shape index (κ2) is 9.20. The van der Waals surface area contributed by atoms with Gasteiger partial charge in [-0.25, -0.2) is 0 Å². The summed E-state index contributed by atoms with van der Waals surface area (Å²) in [5.41, 5.74) is 7.17. The number of aryl methyl sites for hydroxylation is 2. The minimum Gasteiger partial charge on any atom is -0.491 e. The molecule has 0 spiro atoms. The highest BCUT2D eigenvalue weighted by Gasteiger charge is 2.19. The van der Waals surface area contributed by atoms with E-state index in [1.54, 1.807) is 0 Å². The van der Waals surface area contributed by atoms with Gasteiger partial charge in [-0.2, -0.15) is 0 Å². The molecule has 0 saturated heterocycles. The third-order valence-corrected chi connectivity index (χ3v) is 3.47. The van der Waals surface area contributed by atoms with Crippen LogP contribution in [0.3, 0.4) is 0 Å². The molecule has 1 aromatic carbocycles. The van der Waals surface area contributed by atoms with E-state index in [1.807, 2.05) is 39.0 Å². The Labute approximate surface area is 138 Å². The SMILES string of the molecule is [B]N[C@@H](CCC(N)=O)C(=O)NC(C)COc1c(C)cccc1C. The third-order valence-electron chi connectivity index (χ3n) is 3.47. The number of para-hydroxylation sites is 1. The summed E-state index contributed by atoms with van der Waals surface area (Å²) < 4.78 is 5.80. The van der Waals surface area contributed by atoms with Gasteiger partial charge in [-0.1, -0.05) is 18.2 Å². The van der Waals surface area contributed by atoms with Crippen LogP contribution in [0.1, 0.15) is 30.9 Å². The van der Waals surface area contributed by atoms with Crippen LogP contribution in [0.4, 0.5) is 0 Å². The summed E-state index contributed by atoms with van der Waals surface area (Å²) in [6.45, 7) is 6.13. The zero-order valence-corrected chi connectivity index (χ0v) is 13.9. The first-order valence-corrected chi connectivity index (χ1v) is 7.59. The molecule has 0 bridgehead atoms. The Morgan fingerprint density at radius 1 is 1.30 bits per heavy atom. The third kappa shape index (κ3) is 6.32. The molecule has 4 N–H and O–H groups in total. The van der Waals surface area contributed by atoms with E-state index in [1.165, 1.54) is 0 Å². The first-order valence-electron chi connectivity index (χ1n) is 7.59. The molecule has 1 rings (SSSR count). The number of carbonyl (C=O) groups excluding carboxylic acids is 2. The highest BCUT2D eigenvalue weighted by atomic mass is 16.5. The van der Waals surface area contributed by atoms with Gasteiger partial charge < -0.3 is 21.0 Å². The number of nitrogens with two attached hydrogens (primary N) is 1. The van der Waals surface area contributed by atoms with E-state index >= 15 is 0 Å². The van der Waals surface area contributed by atoms with Crippen LogP contribution in [-0.2, 0) is 9.59 Å². The Hall–Kier alpha value is -2.02. The van der Waals surface area contributed by atoms with Crippen molar-refractivity contribution in [3.63, 3.8) is 0 Å². The first kappa shape index (κ1) is 19.0. The number of carbonyl (C=O) groups is 2. The fourth-order valence-corrected chi connectivity index (χ4v) is 2.20. The van der Waals surface area contributed by atoms with Gasteiger partial charge in [-0.15, -0.1) is 0 Å². The van der Waals surface area contributed by atoms with E-state index < -0.39 is 11.9 Å². The van der Waals surface area contributed by atoms with Gasteiger partial charge in [0.15, 0.2) is 7.98 Å². The summed E-state index contributed by atoms with van der Waals surface area (Å²) in [4.78, 5) is 22.9. The van der Waals surface area contributed by atoms with Crippen LogP contribution in [0.25, 0.3) is 0 Å². The number of hydrogen-bond donors (Lipinski definition) is 3. The number of ether oxygens (including phenoxy) is 1. The molecule has 124 valence electrons. The number of rotatable bonds is 9. The fraction of sp³-hybridized carbons (Fsp3) is 0.500. The first-order chi connectivity index (χ1) is 10.8. The molecule has 7 heteroatoms. The van der Waals surface area contributed by atoms with Gasteiger partial charge in [0.25, 0.3) is 0 Å². The number of primary amides is 1. The molecule has 0 saturated carbocycles. The van der Waals surface area contributed by atoms with Crippen molar-refractivity contribution in [1.82, 2.24) is 10.5 Å². The number of benzene rings is 1. The average molecular weight is 317 g/mol. The van der Waals surface area contributed by atoms with Crippen LogP contribution in [0.2, 0.25) is 0 Å². The van der Waals surface area contributed by atoms with Gasteiger partial charge in [-0.05, 0) is 38.3 Å². The quantitative estimate of drug-likeness (QED) is 0.578. The van der Waals surface area contributed by atoms with Gasteiger partial charge in [0.2, 0.25) is 11.8 Å². The molecular formula is C16H24BN3O3. The largest absolute Gasteiger partial charge is 0.491 e. The van der Waals surface area contributed by atoms with Gasteiger partial charge in [0, 0.05) is 6.42 Å². The van der Waals surface area contributed by atoms with Crippen LogP contribution < -0.4 is 21.0 Å². The fourth-order valence-electron chi connectivity index (χ4n) is 2.20. The van der Waals surface area contributed by atoms with E-state index in [0.717, 1.165) is 16.9 Å². The Bertz CT molecular complexity index is 531. The lowest BCUT2D eigenvalue weighted by molar-refractivity contribution is -0.124. The van der Waals surface area contributed by atoms with E-state index in [9.17, 15) is 9.59 Å². The van der Waals surface area contributed by atoms with Crippen molar-refractivity contribution in [3.05, 3.63) is 29.3 Å². The summed E-state index contributed by atoms with van der Waals surface area (Å²) in [5, 5.41) is 5.20. The maximum atomic E-state index is 12.1. The predicted octanol–water partition coefficient (Wildman–Crippen LogP) is 0.494. The van der Waals surface area contributed by atoms with Crippen LogP contribution in [0, 0.1) is 13.8 Å².